The van der Waals surface area contributed by atoms with E-state index in [9.17, 15) is 18.3 Å². The predicted octanol–water partition coefficient (Wildman–Crippen LogP) is 3.59. The maximum absolute atomic E-state index is 12.2. The molecule has 0 saturated heterocycles. The van der Waals surface area contributed by atoms with Crippen molar-refractivity contribution < 1.29 is 23.0 Å². The Labute approximate surface area is 98.0 Å². The Bertz CT molecular complexity index is 370. The van der Waals surface area contributed by atoms with Gasteiger partial charge in [-0.15, -0.1) is 13.2 Å². The zero-order valence-electron chi connectivity index (χ0n) is 9.71. The van der Waals surface area contributed by atoms with Gasteiger partial charge in [-0.2, -0.15) is 0 Å². The molecule has 1 aromatic carbocycles. The second-order valence-electron chi connectivity index (χ2n) is 3.78. The van der Waals surface area contributed by atoms with Crippen LogP contribution in [0, 0.1) is 0 Å². The smallest absolute Gasteiger partial charge is 0.405 e. The van der Waals surface area contributed by atoms with Crippen molar-refractivity contribution >= 4 is 0 Å². The molecule has 1 rings (SSSR count). The van der Waals surface area contributed by atoms with Crippen LogP contribution in [0.2, 0.25) is 0 Å². The summed E-state index contributed by atoms with van der Waals surface area (Å²) in [6, 6.07) is 5.68. The number of para-hydroxylation sites is 1. The highest BCUT2D eigenvalue weighted by atomic mass is 19.4. The van der Waals surface area contributed by atoms with E-state index in [4.69, 9.17) is 0 Å². The normalized spacial score (nSPS) is 12.6. The van der Waals surface area contributed by atoms with E-state index in [1.54, 1.807) is 19.9 Å². The van der Waals surface area contributed by atoms with Gasteiger partial charge in [-0.25, -0.2) is 0 Å². The van der Waals surface area contributed by atoms with Crippen molar-refractivity contribution in [2.24, 2.45) is 0 Å². The monoisotopic (exact) mass is 248 g/mol. The minimum Gasteiger partial charge on any atom is -0.405 e. The van der Waals surface area contributed by atoms with Crippen molar-refractivity contribution in [2.75, 3.05) is 0 Å². The third kappa shape index (κ3) is 3.36. The topological polar surface area (TPSA) is 29.5 Å². The van der Waals surface area contributed by atoms with E-state index in [2.05, 4.69) is 4.74 Å². The van der Waals surface area contributed by atoms with Gasteiger partial charge in [-0.1, -0.05) is 32.0 Å². The molecule has 0 spiro atoms. The first-order chi connectivity index (χ1) is 7.82. The Hall–Kier alpha value is -1.23. The molecule has 2 nitrogen and oxygen atoms in total. The lowest BCUT2D eigenvalue weighted by molar-refractivity contribution is -0.275. The molecule has 0 aliphatic heterocycles. The Morgan fingerprint density at radius 3 is 2.12 bits per heavy atom. The van der Waals surface area contributed by atoms with Gasteiger partial charge in [-0.3, -0.25) is 0 Å². The van der Waals surface area contributed by atoms with Gasteiger partial charge in [0.05, 0.1) is 5.60 Å². The van der Waals surface area contributed by atoms with Crippen molar-refractivity contribution in [2.45, 2.75) is 38.7 Å². The summed E-state index contributed by atoms with van der Waals surface area (Å²) < 4.78 is 40.6. The maximum atomic E-state index is 12.2. The molecule has 0 aliphatic carbocycles. The Kier molecular flexibility index (Phi) is 4.03. The van der Waals surface area contributed by atoms with Crippen LogP contribution in [-0.2, 0) is 5.60 Å². The van der Waals surface area contributed by atoms with E-state index >= 15 is 0 Å². The van der Waals surface area contributed by atoms with Crippen LogP contribution >= 0.6 is 0 Å². The Balaban J connectivity index is 3.16. The summed E-state index contributed by atoms with van der Waals surface area (Å²) in [6.45, 7) is 3.43. The lowest BCUT2D eigenvalue weighted by Gasteiger charge is -2.28. The largest absolute Gasteiger partial charge is 0.573 e. The van der Waals surface area contributed by atoms with E-state index in [1.807, 2.05) is 0 Å². The van der Waals surface area contributed by atoms with E-state index in [0.717, 1.165) is 0 Å². The molecule has 0 heterocycles. The molecule has 0 fully saturated rings. The summed E-state index contributed by atoms with van der Waals surface area (Å²) >= 11 is 0. The van der Waals surface area contributed by atoms with Crippen molar-refractivity contribution in [3.05, 3.63) is 29.8 Å². The molecular weight excluding hydrogens is 233 g/mol. The molecule has 17 heavy (non-hydrogen) atoms. The summed E-state index contributed by atoms with van der Waals surface area (Å²) in [7, 11) is 0. The second kappa shape index (κ2) is 4.96. The lowest BCUT2D eigenvalue weighted by Crippen LogP contribution is -2.26. The standard InChI is InChI=1S/C12H15F3O2/c1-3-11(16,4-2)9-7-5-6-8-10(9)17-12(13,14)15/h5-8,16H,3-4H2,1-2H3. The fourth-order valence-electron chi connectivity index (χ4n) is 1.70. The van der Waals surface area contributed by atoms with E-state index in [1.165, 1.54) is 18.2 Å². The molecule has 0 aromatic heterocycles. The minimum absolute atomic E-state index is 0.169. The Morgan fingerprint density at radius 2 is 1.65 bits per heavy atom. The van der Waals surface area contributed by atoms with Gasteiger partial charge in [0.25, 0.3) is 0 Å². The van der Waals surface area contributed by atoms with E-state index < -0.39 is 12.0 Å². The van der Waals surface area contributed by atoms with Crippen LogP contribution in [0.15, 0.2) is 24.3 Å². The van der Waals surface area contributed by atoms with Gasteiger partial charge in [-0.05, 0) is 18.9 Å². The van der Waals surface area contributed by atoms with Crippen LogP contribution < -0.4 is 4.74 Å². The van der Waals surface area contributed by atoms with Gasteiger partial charge >= 0.3 is 6.36 Å². The first-order valence-corrected chi connectivity index (χ1v) is 5.40. The quantitative estimate of drug-likeness (QED) is 0.882. The number of benzene rings is 1. The summed E-state index contributed by atoms with van der Waals surface area (Å²) in [5.41, 5.74) is -1.12. The molecule has 0 aliphatic rings. The summed E-state index contributed by atoms with van der Waals surface area (Å²) in [5, 5.41) is 10.2. The highest BCUT2D eigenvalue weighted by Gasteiger charge is 2.35. The molecule has 0 amide bonds. The number of aliphatic hydroxyl groups is 1. The van der Waals surface area contributed by atoms with Crippen molar-refractivity contribution in [1.29, 1.82) is 0 Å². The zero-order valence-corrected chi connectivity index (χ0v) is 9.71. The SMILES string of the molecule is CCC(O)(CC)c1ccccc1OC(F)(F)F. The highest BCUT2D eigenvalue weighted by Crippen LogP contribution is 2.37. The molecule has 5 heteroatoms. The van der Waals surface area contributed by atoms with Gasteiger partial charge in [0.15, 0.2) is 0 Å². The Morgan fingerprint density at radius 1 is 1.12 bits per heavy atom. The third-order valence-electron chi connectivity index (χ3n) is 2.78. The van der Waals surface area contributed by atoms with Gasteiger partial charge in [0.2, 0.25) is 0 Å². The molecule has 0 saturated carbocycles. The number of hydrogen-bond donors (Lipinski definition) is 1. The third-order valence-corrected chi connectivity index (χ3v) is 2.78. The van der Waals surface area contributed by atoms with Crippen LogP contribution in [-0.4, -0.2) is 11.5 Å². The average molecular weight is 248 g/mol. The summed E-state index contributed by atoms with van der Waals surface area (Å²) in [5.74, 6) is -0.341. The van der Waals surface area contributed by atoms with Crippen LogP contribution in [0.5, 0.6) is 5.75 Å². The maximum Gasteiger partial charge on any atom is 0.573 e. The number of rotatable bonds is 4. The fourth-order valence-corrected chi connectivity index (χ4v) is 1.70. The zero-order chi connectivity index (χ0) is 13.1. The van der Waals surface area contributed by atoms with Crippen LogP contribution in [0.3, 0.4) is 0 Å². The molecule has 1 aromatic rings. The van der Waals surface area contributed by atoms with Crippen molar-refractivity contribution in [3.63, 3.8) is 0 Å². The number of ether oxygens (including phenoxy) is 1. The van der Waals surface area contributed by atoms with Crippen molar-refractivity contribution in [1.82, 2.24) is 0 Å². The highest BCUT2D eigenvalue weighted by molar-refractivity contribution is 5.38. The van der Waals surface area contributed by atoms with Gasteiger partial charge in [0, 0.05) is 5.56 Å². The fraction of sp³-hybridized carbons (Fsp3) is 0.500. The van der Waals surface area contributed by atoms with Gasteiger partial charge < -0.3 is 9.84 Å². The van der Waals surface area contributed by atoms with Crippen LogP contribution in [0.4, 0.5) is 13.2 Å². The molecule has 1 N–H and O–H groups in total. The number of halogens is 3. The molecule has 96 valence electrons. The molecular formula is C12H15F3O2. The number of alkyl halides is 3. The minimum atomic E-state index is -4.75. The lowest BCUT2D eigenvalue weighted by atomic mass is 9.88. The predicted molar refractivity (Wildman–Crippen MR) is 57.6 cm³/mol. The molecule has 0 bridgehead atoms. The first-order valence-electron chi connectivity index (χ1n) is 5.40. The van der Waals surface area contributed by atoms with E-state index in [0.29, 0.717) is 12.8 Å². The van der Waals surface area contributed by atoms with Crippen molar-refractivity contribution in [3.8, 4) is 5.75 Å². The second-order valence-corrected chi connectivity index (χ2v) is 3.78. The van der Waals surface area contributed by atoms with Gasteiger partial charge in [0.1, 0.15) is 5.75 Å². The van der Waals surface area contributed by atoms with E-state index in [-0.39, 0.29) is 11.3 Å². The van der Waals surface area contributed by atoms with Crippen LogP contribution in [0.1, 0.15) is 32.3 Å². The average Bonchev–Trinajstić information content (AvgIpc) is 2.27. The molecule has 0 unspecified atom stereocenters. The molecule has 0 radical (unpaired) electrons. The van der Waals surface area contributed by atoms with Crippen LogP contribution in [0.25, 0.3) is 0 Å². The summed E-state index contributed by atoms with van der Waals surface area (Å²) in [4.78, 5) is 0. The first kappa shape index (κ1) is 13.8. The number of hydrogen-bond acceptors (Lipinski definition) is 2. The molecule has 0 atom stereocenters. The summed E-state index contributed by atoms with van der Waals surface area (Å²) in [6.07, 6.45) is -4.11.